The molecule has 0 aromatic carbocycles. The monoisotopic (exact) mass is 348 g/mol. The molecule has 1 heterocycles. The van der Waals surface area contributed by atoms with Gasteiger partial charge in [0.2, 0.25) is 11.8 Å². The van der Waals surface area contributed by atoms with E-state index in [4.69, 9.17) is 10.5 Å². The van der Waals surface area contributed by atoms with E-state index in [2.05, 4.69) is 5.32 Å². The van der Waals surface area contributed by atoms with Crippen molar-refractivity contribution in [2.75, 3.05) is 6.54 Å². The molecule has 8 heteroatoms. The zero-order chi connectivity index (χ0) is 17.5. The Kier molecular flexibility index (Phi) is 4.77. The van der Waals surface area contributed by atoms with Crippen molar-refractivity contribution in [3.63, 3.8) is 0 Å². The molecule has 0 spiro atoms. The third-order valence-corrected chi connectivity index (χ3v) is 5.83. The van der Waals surface area contributed by atoms with E-state index in [1.54, 1.807) is 0 Å². The largest absolute Gasteiger partial charge is 0.392 e. The smallest absolute Gasteiger partial charge is 0.367 e. The number of nitrogens with two attached hydrogens (primary N) is 1. The second-order valence-electron chi connectivity index (χ2n) is 7.24. The van der Waals surface area contributed by atoms with Crippen molar-refractivity contribution < 1.29 is 27.5 Å². The number of hydrogen-bond donors (Lipinski definition) is 2. The van der Waals surface area contributed by atoms with Crippen LogP contribution in [0.4, 0.5) is 13.2 Å². The van der Waals surface area contributed by atoms with Gasteiger partial charge in [-0.3, -0.25) is 9.59 Å². The molecule has 3 aliphatic carbocycles. The Labute approximate surface area is 138 Å². The van der Waals surface area contributed by atoms with Gasteiger partial charge in [-0.2, -0.15) is 13.2 Å². The van der Waals surface area contributed by atoms with Gasteiger partial charge in [0.1, 0.15) is 6.10 Å². The maximum absolute atomic E-state index is 13.4. The molecule has 5 nitrogen and oxygen atoms in total. The molecule has 2 amide bonds. The number of amides is 2. The first-order valence-electron chi connectivity index (χ1n) is 8.56. The zero-order valence-electron chi connectivity index (χ0n) is 13.3. The van der Waals surface area contributed by atoms with Crippen LogP contribution < -0.4 is 11.1 Å². The van der Waals surface area contributed by atoms with Gasteiger partial charge in [0.05, 0.1) is 17.9 Å². The molecule has 0 aromatic rings. The zero-order valence-corrected chi connectivity index (χ0v) is 13.3. The highest BCUT2D eigenvalue weighted by Crippen LogP contribution is 2.54. The number of primary amides is 1. The average Bonchev–Trinajstić information content (AvgIpc) is 3.01. The van der Waals surface area contributed by atoms with E-state index in [-0.39, 0.29) is 18.6 Å². The lowest BCUT2D eigenvalue weighted by Crippen LogP contribution is -2.53. The number of carbonyl (C=O) groups excluding carboxylic acids is 2. The van der Waals surface area contributed by atoms with Crippen LogP contribution in [-0.2, 0) is 14.3 Å². The standard InChI is InChI=1S/C16H23F3N2O3/c17-16(18,19)13-9-3-1-8(2-4-9)12(13)15(23)21-7-10-5-6-11(24-10)14(20)22/h8-13H,1-7H2,(H2,20,22)(H,21,23)/t8?,9?,10?,11?,12-,13-/m0/s1. The molecule has 0 radical (unpaired) electrons. The first-order chi connectivity index (χ1) is 11.3. The highest BCUT2D eigenvalue weighted by Gasteiger charge is 2.58. The van der Waals surface area contributed by atoms with Crippen molar-refractivity contribution in [2.24, 2.45) is 29.4 Å². The Hall–Kier alpha value is -1.31. The van der Waals surface area contributed by atoms with Gasteiger partial charge in [-0.1, -0.05) is 0 Å². The number of fused-ring (bicyclic) bond motifs is 3. The molecule has 4 fully saturated rings. The van der Waals surface area contributed by atoms with Gasteiger partial charge in [0.25, 0.3) is 0 Å². The first kappa shape index (κ1) is 17.5. The lowest BCUT2D eigenvalue weighted by Gasteiger charge is -2.48. The summed E-state index contributed by atoms with van der Waals surface area (Å²) >= 11 is 0. The highest BCUT2D eigenvalue weighted by atomic mass is 19.4. The van der Waals surface area contributed by atoms with Crippen molar-refractivity contribution in [1.29, 1.82) is 0 Å². The van der Waals surface area contributed by atoms with Crippen molar-refractivity contribution in [1.82, 2.24) is 5.32 Å². The topological polar surface area (TPSA) is 81.4 Å². The molecule has 24 heavy (non-hydrogen) atoms. The Morgan fingerprint density at radius 1 is 1.04 bits per heavy atom. The maximum Gasteiger partial charge on any atom is 0.392 e. The summed E-state index contributed by atoms with van der Waals surface area (Å²) in [4.78, 5) is 23.5. The molecule has 3 N–H and O–H groups in total. The third-order valence-electron chi connectivity index (χ3n) is 5.83. The Bertz CT molecular complexity index is 503. The summed E-state index contributed by atoms with van der Waals surface area (Å²) in [5, 5.41) is 2.62. The fourth-order valence-corrected chi connectivity index (χ4v) is 4.70. The van der Waals surface area contributed by atoms with Crippen LogP contribution in [0.2, 0.25) is 0 Å². The molecule has 1 aliphatic heterocycles. The number of halogens is 3. The summed E-state index contributed by atoms with van der Waals surface area (Å²) in [6.07, 6.45) is -1.82. The lowest BCUT2D eigenvalue weighted by molar-refractivity contribution is -0.229. The van der Waals surface area contributed by atoms with Gasteiger partial charge >= 0.3 is 6.18 Å². The van der Waals surface area contributed by atoms with E-state index >= 15 is 0 Å². The third kappa shape index (κ3) is 3.38. The van der Waals surface area contributed by atoms with Gasteiger partial charge < -0.3 is 15.8 Å². The Morgan fingerprint density at radius 3 is 2.21 bits per heavy atom. The van der Waals surface area contributed by atoms with Gasteiger partial charge in [-0.05, 0) is 50.4 Å². The van der Waals surface area contributed by atoms with Crippen LogP contribution in [0.3, 0.4) is 0 Å². The van der Waals surface area contributed by atoms with Crippen LogP contribution in [0.15, 0.2) is 0 Å². The maximum atomic E-state index is 13.4. The first-order valence-corrected chi connectivity index (χ1v) is 8.56. The second kappa shape index (κ2) is 6.54. The van der Waals surface area contributed by atoms with Crippen LogP contribution in [0, 0.1) is 23.7 Å². The molecule has 4 aliphatic rings. The molecule has 0 aromatic heterocycles. The van der Waals surface area contributed by atoms with Gasteiger partial charge in [0, 0.05) is 6.54 Å². The molecule has 4 rings (SSSR count). The highest BCUT2D eigenvalue weighted by molar-refractivity contribution is 5.80. The number of ether oxygens (including phenoxy) is 1. The SMILES string of the molecule is NC(=O)C1CCC(CNC(=O)[C@H]2C3CCC(CC3)[C@@H]2C(F)(F)F)O1. The lowest BCUT2D eigenvalue weighted by atomic mass is 9.58. The molecule has 2 unspecified atom stereocenters. The minimum atomic E-state index is -4.34. The molecular formula is C16H23F3N2O3. The minimum absolute atomic E-state index is 0.126. The summed E-state index contributed by atoms with van der Waals surface area (Å²) in [5.41, 5.74) is 5.16. The van der Waals surface area contributed by atoms with Crippen molar-refractivity contribution >= 4 is 11.8 Å². The molecule has 136 valence electrons. The van der Waals surface area contributed by atoms with Crippen molar-refractivity contribution in [2.45, 2.75) is 56.9 Å². The summed E-state index contributed by atoms with van der Waals surface area (Å²) in [5.74, 6) is -4.24. The van der Waals surface area contributed by atoms with E-state index < -0.39 is 41.8 Å². The molecule has 3 saturated carbocycles. The molecule has 2 bridgehead atoms. The normalized spacial score (nSPS) is 39.0. The van der Waals surface area contributed by atoms with E-state index in [1.807, 2.05) is 0 Å². The van der Waals surface area contributed by atoms with Gasteiger partial charge in [-0.25, -0.2) is 0 Å². The number of rotatable bonds is 4. The van der Waals surface area contributed by atoms with Crippen LogP contribution in [0.1, 0.15) is 38.5 Å². The summed E-state index contributed by atoms with van der Waals surface area (Å²) in [6.45, 7) is 0.126. The molecule has 1 saturated heterocycles. The van der Waals surface area contributed by atoms with Gasteiger partial charge in [-0.15, -0.1) is 0 Å². The summed E-state index contributed by atoms with van der Waals surface area (Å²) in [6, 6.07) is 0. The fraction of sp³-hybridized carbons (Fsp3) is 0.875. The number of carbonyl (C=O) groups is 2. The predicted molar refractivity (Wildman–Crippen MR) is 78.6 cm³/mol. The summed E-state index contributed by atoms with van der Waals surface area (Å²) in [7, 11) is 0. The van der Waals surface area contributed by atoms with Crippen LogP contribution in [0.25, 0.3) is 0 Å². The molecular weight excluding hydrogens is 325 g/mol. The quantitative estimate of drug-likeness (QED) is 0.812. The van der Waals surface area contributed by atoms with E-state index in [9.17, 15) is 22.8 Å². The minimum Gasteiger partial charge on any atom is -0.367 e. The predicted octanol–water partition coefficient (Wildman–Crippen LogP) is 1.75. The number of hydrogen-bond acceptors (Lipinski definition) is 3. The molecule has 4 atom stereocenters. The van der Waals surface area contributed by atoms with E-state index in [0.717, 1.165) is 0 Å². The van der Waals surface area contributed by atoms with Crippen molar-refractivity contribution in [3.8, 4) is 0 Å². The number of nitrogens with one attached hydrogen (secondary N) is 1. The fourth-order valence-electron chi connectivity index (χ4n) is 4.70. The van der Waals surface area contributed by atoms with Gasteiger partial charge in [0.15, 0.2) is 0 Å². The van der Waals surface area contributed by atoms with Crippen molar-refractivity contribution in [3.05, 3.63) is 0 Å². The second-order valence-corrected chi connectivity index (χ2v) is 7.24. The Balaban J connectivity index is 1.60. The van der Waals surface area contributed by atoms with Crippen LogP contribution in [-0.4, -0.2) is 36.7 Å². The number of alkyl halides is 3. The summed E-state index contributed by atoms with van der Waals surface area (Å²) < 4.78 is 45.7. The van der Waals surface area contributed by atoms with E-state index in [0.29, 0.717) is 38.5 Å². The van der Waals surface area contributed by atoms with Crippen LogP contribution >= 0.6 is 0 Å². The van der Waals surface area contributed by atoms with Crippen LogP contribution in [0.5, 0.6) is 0 Å². The average molecular weight is 348 g/mol. The van der Waals surface area contributed by atoms with E-state index in [1.165, 1.54) is 0 Å². The Morgan fingerprint density at radius 2 is 1.67 bits per heavy atom.